The van der Waals surface area contributed by atoms with Crippen LogP contribution >= 0.6 is 0 Å². The van der Waals surface area contributed by atoms with Crippen molar-refractivity contribution in [1.82, 2.24) is 0 Å². The van der Waals surface area contributed by atoms with Crippen molar-refractivity contribution in [2.75, 3.05) is 0 Å². The molecule has 0 saturated heterocycles. The Morgan fingerprint density at radius 3 is 2.65 bits per heavy atom. The van der Waals surface area contributed by atoms with Gasteiger partial charge in [0.15, 0.2) is 11.7 Å². The van der Waals surface area contributed by atoms with Gasteiger partial charge in [-0.25, -0.2) is 8.78 Å². The SMILES string of the molecule is CCCCC(=O)OC1(F)C(=O)C(F)=CC=C1F. The van der Waals surface area contributed by atoms with E-state index in [9.17, 15) is 22.8 Å². The third kappa shape index (κ3) is 2.75. The molecule has 0 aromatic carbocycles. The number of hydrogen-bond acceptors (Lipinski definition) is 3. The molecule has 1 atom stereocenters. The number of halogens is 3. The monoisotopic (exact) mass is 248 g/mol. The van der Waals surface area contributed by atoms with E-state index in [0.717, 1.165) is 0 Å². The van der Waals surface area contributed by atoms with Crippen molar-refractivity contribution in [2.24, 2.45) is 0 Å². The summed E-state index contributed by atoms with van der Waals surface area (Å²) in [5, 5.41) is 0. The number of carbonyl (C=O) groups is 2. The predicted octanol–water partition coefficient (Wildman–Crippen LogP) is 2.68. The van der Waals surface area contributed by atoms with E-state index in [2.05, 4.69) is 4.74 Å². The van der Waals surface area contributed by atoms with E-state index in [1.165, 1.54) is 0 Å². The lowest BCUT2D eigenvalue weighted by atomic mass is 10.1. The second-order valence-corrected chi connectivity index (χ2v) is 3.53. The fourth-order valence-corrected chi connectivity index (χ4v) is 1.22. The first-order valence-corrected chi connectivity index (χ1v) is 5.10. The van der Waals surface area contributed by atoms with E-state index in [1.54, 1.807) is 6.92 Å². The van der Waals surface area contributed by atoms with Gasteiger partial charge in [-0.1, -0.05) is 13.3 Å². The Labute approximate surface area is 95.9 Å². The summed E-state index contributed by atoms with van der Waals surface area (Å²) in [4.78, 5) is 22.2. The molecule has 0 saturated carbocycles. The Bertz CT molecular complexity index is 397. The molecule has 17 heavy (non-hydrogen) atoms. The first kappa shape index (κ1) is 13.5. The minimum Gasteiger partial charge on any atom is -0.415 e. The number of rotatable bonds is 4. The van der Waals surface area contributed by atoms with Gasteiger partial charge in [0.05, 0.1) is 0 Å². The van der Waals surface area contributed by atoms with Crippen LogP contribution in [0.3, 0.4) is 0 Å². The summed E-state index contributed by atoms with van der Waals surface area (Å²) in [6.45, 7) is 1.78. The molecule has 0 fully saturated rings. The molecule has 0 radical (unpaired) electrons. The largest absolute Gasteiger partial charge is 0.415 e. The maximum absolute atomic E-state index is 13.8. The van der Waals surface area contributed by atoms with Gasteiger partial charge < -0.3 is 4.74 Å². The number of alkyl halides is 1. The zero-order chi connectivity index (χ0) is 13.1. The lowest BCUT2D eigenvalue weighted by molar-refractivity contribution is -0.183. The zero-order valence-electron chi connectivity index (χ0n) is 9.13. The number of allylic oxidation sites excluding steroid dienone is 2. The van der Waals surface area contributed by atoms with Gasteiger partial charge in [0.25, 0.3) is 5.78 Å². The van der Waals surface area contributed by atoms with Crippen LogP contribution in [0.5, 0.6) is 0 Å². The van der Waals surface area contributed by atoms with Crippen LogP contribution in [0.15, 0.2) is 23.8 Å². The van der Waals surface area contributed by atoms with Crippen LogP contribution in [0.2, 0.25) is 0 Å². The van der Waals surface area contributed by atoms with Gasteiger partial charge in [-0.05, 0) is 18.6 Å². The molecule has 0 N–H and O–H groups in total. The van der Waals surface area contributed by atoms with Crippen LogP contribution < -0.4 is 0 Å². The Hall–Kier alpha value is -1.59. The van der Waals surface area contributed by atoms with Gasteiger partial charge >= 0.3 is 11.8 Å². The highest BCUT2D eigenvalue weighted by Gasteiger charge is 2.51. The zero-order valence-corrected chi connectivity index (χ0v) is 9.13. The number of esters is 1. The molecule has 0 aromatic heterocycles. The van der Waals surface area contributed by atoms with Crippen molar-refractivity contribution in [1.29, 1.82) is 0 Å². The number of hydrogen-bond donors (Lipinski definition) is 0. The van der Waals surface area contributed by atoms with Crippen molar-refractivity contribution in [3.8, 4) is 0 Å². The highest BCUT2D eigenvalue weighted by Crippen LogP contribution is 2.33. The van der Waals surface area contributed by atoms with Crippen molar-refractivity contribution >= 4 is 11.8 Å². The molecule has 1 aliphatic carbocycles. The van der Waals surface area contributed by atoms with E-state index in [1.807, 2.05) is 0 Å². The summed E-state index contributed by atoms with van der Waals surface area (Å²) in [6, 6.07) is 0. The second kappa shape index (κ2) is 5.16. The quantitative estimate of drug-likeness (QED) is 0.718. The van der Waals surface area contributed by atoms with Gasteiger partial charge in [0, 0.05) is 6.42 Å². The molecule has 0 bridgehead atoms. The summed E-state index contributed by atoms with van der Waals surface area (Å²) in [5.74, 6) is -9.68. The Morgan fingerprint density at radius 1 is 1.41 bits per heavy atom. The molecular weight excluding hydrogens is 237 g/mol. The van der Waals surface area contributed by atoms with Crippen LogP contribution in [0.4, 0.5) is 13.2 Å². The molecular formula is C11H11F3O3. The predicted molar refractivity (Wildman–Crippen MR) is 52.8 cm³/mol. The molecule has 94 valence electrons. The molecule has 3 nitrogen and oxygen atoms in total. The fourth-order valence-electron chi connectivity index (χ4n) is 1.22. The highest BCUT2D eigenvalue weighted by molar-refractivity contribution is 6.03. The third-order valence-electron chi connectivity index (χ3n) is 2.18. The lowest BCUT2D eigenvalue weighted by Gasteiger charge is -2.23. The van der Waals surface area contributed by atoms with Crippen LogP contribution in [-0.4, -0.2) is 17.6 Å². The van der Waals surface area contributed by atoms with E-state index >= 15 is 0 Å². The van der Waals surface area contributed by atoms with E-state index < -0.39 is 29.3 Å². The molecule has 0 aliphatic heterocycles. The molecule has 0 spiro atoms. The third-order valence-corrected chi connectivity index (χ3v) is 2.18. The molecule has 6 heteroatoms. The average molecular weight is 248 g/mol. The number of unbranched alkanes of at least 4 members (excludes halogenated alkanes) is 1. The number of carbonyl (C=O) groups excluding carboxylic acids is 2. The Morgan fingerprint density at radius 2 is 2.06 bits per heavy atom. The number of Topliss-reactive ketones (excluding diaryl/α,β-unsaturated/α-hetero) is 1. The van der Waals surface area contributed by atoms with Crippen LogP contribution in [0.25, 0.3) is 0 Å². The Kier molecular flexibility index (Phi) is 4.09. The summed E-state index contributed by atoms with van der Waals surface area (Å²) in [5.41, 5.74) is 0. The molecule has 0 heterocycles. The molecule has 1 aliphatic rings. The lowest BCUT2D eigenvalue weighted by Crippen LogP contribution is -2.41. The van der Waals surface area contributed by atoms with Crippen LogP contribution in [-0.2, 0) is 14.3 Å². The maximum Gasteiger partial charge on any atom is 0.369 e. The topological polar surface area (TPSA) is 43.4 Å². The number of ether oxygens (including phenoxy) is 1. The molecule has 0 amide bonds. The summed E-state index contributed by atoms with van der Waals surface area (Å²) < 4.78 is 43.8. The average Bonchev–Trinajstić information content (AvgIpc) is 2.29. The summed E-state index contributed by atoms with van der Waals surface area (Å²) in [6.07, 6.45) is 1.80. The van der Waals surface area contributed by atoms with Gasteiger partial charge in [-0.15, -0.1) is 0 Å². The van der Waals surface area contributed by atoms with Gasteiger partial charge in [0.2, 0.25) is 0 Å². The Balaban J connectivity index is 2.81. The maximum atomic E-state index is 13.8. The highest BCUT2D eigenvalue weighted by atomic mass is 19.2. The van der Waals surface area contributed by atoms with Crippen molar-refractivity contribution in [2.45, 2.75) is 32.0 Å². The van der Waals surface area contributed by atoms with Crippen LogP contribution in [0, 0.1) is 0 Å². The van der Waals surface area contributed by atoms with E-state index in [4.69, 9.17) is 0 Å². The minimum absolute atomic E-state index is 0.159. The van der Waals surface area contributed by atoms with E-state index in [0.29, 0.717) is 25.0 Å². The van der Waals surface area contributed by atoms with Crippen molar-refractivity contribution in [3.05, 3.63) is 23.8 Å². The minimum atomic E-state index is -3.65. The summed E-state index contributed by atoms with van der Waals surface area (Å²) >= 11 is 0. The van der Waals surface area contributed by atoms with E-state index in [-0.39, 0.29) is 6.42 Å². The molecule has 1 rings (SSSR count). The molecule has 1 unspecified atom stereocenters. The normalized spacial score (nSPS) is 24.1. The van der Waals surface area contributed by atoms with Crippen molar-refractivity contribution < 1.29 is 27.5 Å². The smallest absolute Gasteiger partial charge is 0.369 e. The molecule has 0 aromatic rings. The summed E-state index contributed by atoms with van der Waals surface area (Å²) in [7, 11) is 0. The van der Waals surface area contributed by atoms with Gasteiger partial charge in [-0.3, -0.25) is 9.59 Å². The first-order valence-electron chi connectivity index (χ1n) is 5.10. The van der Waals surface area contributed by atoms with Gasteiger partial charge in [-0.2, -0.15) is 4.39 Å². The van der Waals surface area contributed by atoms with Crippen LogP contribution in [0.1, 0.15) is 26.2 Å². The second-order valence-electron chi connectivity index (χ2n) is 3.53. The number of ketones is 1. The van der Waals surface area contributed by atoms with Crippen molar-refractivity contribution in [3.63, 3.8) is 0 Å². The fraction of sp³-hybridized carbons (Fsp3) is 0.455. The van der Waals surface area contributed by atoms with Gasteiger partial charge in [0.1, 0.15) is 0 Å². The standard InChI is InChI=1S/C11H11F3O3/c1-2-3-4-9(15)17-11(14)8(13)6-5-7(12)10(11)16/h5-6H,2-4H2,1H3. The first-order chi connectivity index (χ1) is 7.91.